The van der Waals surface area contributed by atoms with E-state index in [2.05, 4.69) is 19.1 Å². The Bertz CT molecular complexity index is 726. The lowest BCUT2D eigenvalue weighted by atomic mass is 9.98. The van der Waals surface area contributed by atoms with Crippen LogP contribution in [-0.2, 0) is 4.74 Å². The van der Waals surface area contributed by atoms with E-state index >= 15 is 0 Å². The van der Waals surface area contributed by atoms with Gasteiger partial charge < -0.3 is 9.64 Å². The number of carbonyl (C=O) groups is 1. The Morgan fingerprint density at radius 2 is 1.84 bits per heavy atom. The van der Waals surface area contributed by atoms with Crippen molar-refractivity contribution >= 4 is 17.4 Å². The molecule has 0 N–H and O–H groups in total. The second-order valence-corrected chi connectivity index (χ2v) is 8.80. The summed E-state index contributed by atoms with van der Waals surface area (Å²) in [6.45, 7) is 9.32. The van der Waals surface area contributed by atoms with Crippen LogP contribution in [0.5, 0.6) is 0 Å². The molecule has 2 aromatic rings. The number of rotatable bonds is 2. The highest BCUT2D eigenvalue weighted by Crippen LogP contribution is 2.36. The molecule has 1 fully saturated rings. The first-order chi connectivity index (χ1) is 11.8. The van der Waals surface area contributed by atoms with Crippen molar-refractivity contribution in [2.45, 2.75) is 52.1 Å². The quantitative estimate of drug-likeness (QED) is 0.738. The molecule has 0 saturated carbocycles. The van der Waals surface area contributed by atoms with Crippen LogP contribution >= 0.6 is 11.3 Å². The van der Waals surface area contributed by atoms with E-state index in [0.717, 1.165) is 31.6 Å². The van der Waals surface area contributed by atoms with Crippen LogP contribution in [-0.4, -0.2) is 34.7 Å². The maximum Gasteiger partial charge on any atom is 0.410 e. The molecule has 1 aliphatic rings. The fraction of sp³-hybridized carbons (Fsp3) is 0.500. The minimum absolute atomic E-state index is 0.203. The second kappa shape index (κ2) is 7.16. The van der Waals surface area contributed by atoms with Gasteiger partial charge in [0.15, 0.2) is 0 Å². The summed E-state index contributed by atoms with van der Waals surface area (Å²) in [6, 6.07) is 10.3. The first-order valence-corrected chi connectivity index (χ1v) is 9.66. The number of nitrogens with zero attached hydrogens (tertiary/aromatic N) is 2. The lowest BCUT2D eigenvalue weighted by Gasteiger charge is -2.32. The number of amides is 1. The van der Waals surface area contributed by atoms with Gasteiger partial charge in [-0.15, -0.1) is 11.3 Å². The number of aromatic nitrogens is 1. The van der Waals surface area contributed by atoms with E-state index < -0.39 is 5.60 Å². The summed E-state index contributed by atoms with van der Waals surface area (Å²) in [5.41, 5.74) is 1.83. The van der Waals surface area contributed by atoms with Gasteiger partial charge in [-0.1, -0.05) is 30.3 Å². The smallest absolute Gasteiger partial charge is 0.410 e. The molecule has 134 valence electrons. The Labute approximate surface area is 153 Å². The van der Waals surface area contributed by atoms with Crippen molar-refractivity contribution in [2.75, 3.05) is 13.1 Å². The third-order valence-electron chi connectivity index (χ3n) is 4.36. The van der Waals surface area contributed by atoms with Crippen LogP contribution in [0.4, 0.5) is 4.79 Å². The number of thiazole rings is 1. The molecular weight excluding hydrogens is 332 g/mol. The summed E-state index contributed by atoms with van der Waals surface area (Å²) in [5.74, 6) is 0.430. The first-order valence-electron chi connectivity index (χ1n) is 8.84. The predicted octanol–water partition coefficient (Wildman–Crippen LogP) is 5.23. The molecule has 5 heteroatoms. The van der Waals surface area contributed by atoms with Gasteiger partial charge in [-0.25, -0.2) is 9.78 Å². The number of piperidine rings is 1. The summed E-state index contributed by atoms with van der Waals surface area (Å²) in [6.07, 6.45) is 1.69. The van der Waals surface area contributed by atoms with Crippen LogP contribution in [0.2, 0.25) is 0 Å². The molecule has 2 heterocycles. The van der Waals surface area contributed by atoms with Crippen molar-refractivity contribution in [3.63, 3.8) is 0 Å². The molecule has 0 bridgehead atoms. The number of likely N-dealkylation sites (tertiary alicyclic amines) is 1. The van der Waals surface area contributed by atoms with Gasteiger partial charge in [0.2, 0.25) is 0 Å². The third kappa shape index (κ3) is 4.40. The monoisotopic (exact) mass is 358 g/mol. The maximum absolute atomic E-state index is 12.2. The number of hydrogen-bond acceptors (Lipinski definition) is 4. The fourth-order valence-electron chi connectivity index (χ4n) is 3.09. The standard InChI is InChI=1S/C20H26N2O2S/c1-14-17(15-8-6-5-7-9-15)21-18(25-14)16-10-12-22(13-11-16)19(23)24-20(2,3)4/h5-9,16H,10-13H2,1-4H3. The molecular formula is C20H26N2O2S. The molecule has 1 aromatic heterocycles. The van der Waals surface area contributed by atoms with Crippen molar-refractivity contribution in [3.8, 4) is 11.3 Å². The largest absolute Gasteiger partial charge is 0.444 e. The minimum Gasteiger partial charge on any atom is -0.444 e. The summed E-state index contributed by atoms with van der Waals surface area (Å²) in [4.78, 5) is 20.2. The van der Waals surface area contributed by atoms with Gasteiger partial charge in [0.05, 0.1) is 10.7 Å². The van der Waals surface area contributed by atoms with Gasteiger partial charge in [-0.3, -0.25) is 0 Å². The van der Waals surface area contributed by atoms with Gasteiger partial charge in [-0.05, 0) is 40.5 Å². The van der Waals surface area contributed by atoms with Crippen molar-refractivity contribution in [3.05, 3.63) is 40.2 Å². The molecule has 0 radical (unpaired) electrons. The molecule has 0 atom stereocenters. The molecule has 0 unspecified atom stereocenters. The average molecular weight is 359 g/mol. The Morgan fingerprint density at radius 3 is 2.44 bits per heavy atom. The zero-order valence-electron chi connectivity index (χ0n) is 15.4. The van der Waals surface area contributed by atoms with Gasteiger partial charge in [0.1, 0.15) is 5.60 Å². The van der Waals surface area contributed by atoms with Crippen molar-refractivity contribution in [1.82, 2.24) is 9.88 Å². The Hall–Kier alpha value is -1.88. The number of benzene rings is 1. The van der Waals surface area contributed by atoms with Crippen molar-refractivity contribution < 1.29 is 9.53 Å². The molecule has 0 aliphatic carbocycles. The van der Waals surface area contributed by atoms with Crippen LogP contribution in [0.25, 0.3) is 11.3 Å². The van der Waals surface area contributed by atoms with E-state index in [9.17, 15) is 4.79 Å². The second-order valence-electron chi connectivity index (χ2n) is 7.56. The minimum atomic E-state index is -0.440. The van der Waals surface area contributed by atoms with E-state index in [4.69, 9.17) is 9.72 Å². The van der Waals surface area contributed by atoms with Crippen LogP contribution in [0, 0.1) is 6.92 Å². The van der Waals surface area contributed by atoms with E-state index in [1.165, 1.54) is 15.4 Å². The SMILES string of the molecule is Cc1sc(C2CCN(C(=O)OC(C)(C)C)CC2)nc1-c1ccccc1. The maximum atomic E-state index is 12.2. The zero-order chi connectivity index (χ0) is 18.0. The van der Waals surface area contributed by atoms with Gasteiger partial charge in [0.25, 0.3) is 0 Å². The zero-order valence-corrected chi connectivity index (χ0v) is 16.2. The summed E-state index contributed by atoms with van der Waals surface area (Å²) >= 11 is 1.79. The molecule has 0 spiro atoms. The van der Waals surface area contributed by atoms with Crippen LogP contribution in [0.15, 0.2) is 30.3 Å². The van der Waals surface area contributed by atoms with E-state index in [1.807, 2.05) is 43.9 Å². The van der Waals surface area contributed by atoms with Crippen molar-refractivity contribution in [1.29, 1.82) is 0 Å². The van der Waals surface area contributed by atoms with Crippen LogP contribution in [0.3, 0.4) is 0 Å². The summed E-state index contributed by atoms with van der Waals surface area (Å²) in [7, 11) is 0. The highest BCUT2D eigenvalue weighted by molar-refractivity contribution is 7.12. The predicted molar refractivity (Wildman–Crippen MR) is 102 cm³/mol. The molecule has 1 saturated heterocycles. The van der Waals surface area contributed by atoms with Gasteiger partial charge >= 0.3 is 6.09 Å². The van der Waals surface area contributed by atoms with E-state index in [1.54, 1.807) is 11.3 Å². The summed E-state index contributed by atoms with van der Waals surface area (Å²) in [5, 5.41) is 1.19. The van der Waals surface area contributed by atoms with Crippen molar-refractivity contribution in [2.24, 2.45) is 0 Å². The highest BCUT2D eigenvalue weighted by Gasteiger charge is 2.29. The average Bonchev–Trinajstić information content (AvgIpc) is 2.96. The number of aryl methyl sites for hydroxylation is 1. The third-order valence-corrected chi connectivity index (χ3v) is 5.49. The van der Waals surface area contributed by atoms with Gasteiger partial charge in [0, 0.05) is 29.4 Å². The highest BCUT2D eigenvalue weighted by atomic mass is 32.1. The molecule has 1 amide bonds. The normalized spacial score (nSPS) is 16.1. The lowest BCUT2D eigenvalue weighted by Crippen LogP contribution is -2.41. The van der Waals surface area contributed by atoms with E-state index in [0.29, 0.717) is 5.92 Å². The summed E-state index contributed by atoms with van der Waals surface area (Å²) < 4.78 is 5.47. The Balaban J connectivity index is 1.65. The lowest BCUT2D eigenvalue weighted by molar-refractivity contribution is 0.0205. The van der Waals surface area contributed by atoms with E-state index in [-0.39, 0.29) is 6.09 Å². The molecule has 3 rings (SSSR count). The Kier molecular flexibility index (Phi) is 5.13. The molecule has 4 nitrogen and oxygen atoms in total. The number of carbonyl (C=O) groups excluding carboxylic acids is 1. The fourth-order valence-corrected chi connectivity index (χ4v) is 4.20. The number of ether oxygens (including phenoxy) is 1. The Morgan fingerprint density at radius 1 is 1.20 bits per heavy atom. The molecule has 25 heavy (non-hydrogen) atoms. The van der Waals surface area contributed by atoms with Gasteiger partial charge in [-0.2, -0.15) is 0 Å². The topological polar surface area (TPSA) is 42.4 Å². The van der Waals surface area contributed by atoms with Crippen LogP contribution < -0.4 is 0 Å². The number of hydrogen-bond donors (Lipinski definition) is 0. The molecule has 1 aliphatic heterocycles. The van der Waals surface area contributed by atoms with Crippen LogP contribution in [0.1, 0.15) is 49.4 Å². The first kappa shape index (κ1) is 17.9. The molecule has 1 aromatic carbocycles.